The Bertz CT molecular complexity index is 317. The minimum Gasteiger partial charge on any atom is -0.343 e. The molecule has 0 saturated carbocycles. The molecule has 0 fully saturated rings. The van der Waals surface area contributed by atoms with E-state index in [2.05, 4.69) is 26.0 Å². The van der Waals surface area contributed by atoms with Crippen molar-refractivity contribution in [1.82, 2.24) is 0 Å². The molecule has 0 saturated heterocycles. The summed E-state index contributed by atoms with van der Waals surface area (Å²) in [5.41, 5.74) is 0. The number of hydrogen-bond acceptors (Lipinski definition) is 2. The maximum absolute atomic E-state index is 8.74. The fraction of sp³-hybridized carbons (Fsp3) is 0.833. The maximum atomic E-state index is 8.74. The van der Waals surface area contributed by atoms with Crippen molar-refractivity contribution >= 4 is 10.4 Å². The summed E-state index contributed by atoms with van der Waals surface area (Å²) in [5.74, 6) is 0. The Balaban J connectivity index is -0.000000639. The summed E-state index contributed by atoms with van der Waals surface area (Å²) in [6, 6.07) is 0. The van der Waals surface area contributed by atoms with Crippen LogP contribution in [0.4, 0.5) is 0 Å². The van der Waals surface area contributed by atoms with Crippen LogP contribution in [-0.2, 0) is 10.4 Å². The summed E-state index contributed by atoms with van der Waals surface area (Å²) < 4.78 is 31.6. The van der Waals surface area contributed by atoms with E-state index in [1.165, 1.54) is 83.5 Å². The number of unbranched alkanes of at least 4 members (excludes halogenated alkanes) is 12. The van der Waals surface area contributed by atoms with Crippen molar-refractivity contribution in [2.75, 3.05) is 0 Å². The van der Waals surface area contributed by atoms with Gasteiger partial charge in [-0.2, -0.15) is 14.8 Å². The van der Waals surface area contributed by atoms with Gasteiger partial charge < -0.3 is 6.92 Å². The van der Waals surface area contributed by atoms with Crippen molar-refractivity contribution in [2.24, 2.45) is 0 Å². The van der Waals surface area contributed by atoms with Gasteiger partial charge in [0, 0.05) is 0 Å². The number of allylic oxidation sites excluding steroid dienone is 2. The Morgan fingerprint density at radius 2 is 1.08 bits per heavy atom. The molecule has 0 rings (SSSR count). The first-order valence-electron chi connectivity index (χ1n) is 9.06. The number of hydrogen-bond donors (Lipinski definition) is 2. The van der Waals surface area contributed by atoms with Gasteiger partial charge in [0.1, 0.15) is 0 Å². The van der Waals surface area contributed by atoms with Gasteiger partial charge in [-0.3, -0.25) is 9.11 Å². The van der Waals surface area contributed by atoms with Crippen LogP contribution in [0.5, 0.6) is 0 Å². The first kappa shape index (κ1) is 29.4. The van der Waals surface area contributed by atoms with E-state index >= 15 is 0 Å². The first-order valence-corrected chi connectivity index (χ1v) is 10.5. The average Bonchev–Trinajstić information content (AvgIpc) is 2.46. The molecule has 0 amide bonds. The van der Waals surface area contributed by atoms with E-state index in [4.69, 9.17) is 17.5 Å². The smallest absolute Gasteiger partial charge is 0.343 e. The molecule has 0 spiro atoms. The molecule has 140 valence electrons. The SMILES string of the molecule is O=S(=O)(O)O.[CH2-]CCCCCCC/C=C\CCCCCCCC.[Na+]. The Hall–Kier alpha value is 0.610. The summed E-state index contributed by atoms with van der Waals surface area (Å²) in [4.78, 5) is 0. The molecule has 2 N–H and O–H groups in total. The minimum atomic E-state index is -4.67. The van der Waals surface area contributed by atoms with Crippen molar-refractivity contribution in [3.63, 3.8) is 0 Å². The summed E-state index contributed by atoms with van der Waals surface area (Å²) in [5, 5.41) is 0. The zero-order valence-corrected chi connectivity index (χ0v) is 18.7. The van der Waals surface area contributed by atoms with E-state index in [1.54, 1.807) is 0 Å². The summed E-state index contributed by atoms with van der Waals surface area (Å²) in [6.07, 6.45) is 23.8. The molecule has 0 aromatic carbocycles. The zero-order valence-electron chi connectivity index (χ0n) is 15.9. The molecule has 0 aromatic heterocycles. The normalized spacial score (nSPS) is 11.0. The Kier molecular flexibility index (Phi) is 28.9. The predicted molar refractivity (Wildman–Crippen MR) is 99.0 cm³/mol. The van der Waals surface area contributed by atoms with Gasteiger partial charge >= 0.3 is 40.0 Å². The Morgan fingerprint density at radius 3 is 1.46 bits per heavy atom. The van der Waals surface area contributed by atoms with Crippen LogP contribution < -0.4 is 29.6 Å². The van der Waals surface area contributed by atoms with Gasteiger partial charge in [0.05, 0.1) is 0 Å². The molecule has 0 aliphatic rings. The van der Waals surface area contributed by atoms with Gasteiger partial charge in [0.25, 0.3) is 0 Å². The van der Waals surface area contributed by atoms with Gasteiger partial charge in [-0.25, -0.2) is 0 Å². The largest absolute Gasteiger partial charge is 1.00 e. The molecule has 0 aliphatic carbocycles. The predicted octanol–water partition coefficient (Wildman–Crippen LogP) is 3.21. The zero-order chi connectivity index (χ0) is 17.8. The van der Waals surface area contributed by atoms with Crippen LogP contribution in [0.3, 0.4) is 0 Å². The first-order chi connectivity index (χ1) is 10.9. The molecule has 0 unspecified atom stereocenters. The van der Waals surface area contributed by atoms with Crippen molar-refractivity contribution in [3.05, 3.63) is 19.1 Å². The second-order valence-corrected chi connectivity index (χ2v) is 6.78. The van der Waals surface area contributed by atoms with Crippen molar-refractivity contribution in [1.29, 1.82) is 0 Å². The van der Waals surface area contributed by atoms with E-state index in [0.717, 1.165) is 6.42 Å². The molecule has 0 atom stereocenters. The van der Waals surface area contributed by atoms with Gasteiger partial charge in [0.2, 0.25) is 0 Å². The molecule has 0 aromatic rings. The monoisotopic (exact) mass is 372 g/mol. The second kappa shape index (κ2) is 23.6. The summed E-state index contributed by atoms with van der Waals surface area (Å²) >= 11 is 0. The van der Waals surface area contributed by atoms with Crippen LogP contribution in [0.25, 0.3) is 0 Å². The third kappa shape index (κ3) is 43.3. The maximum Gasteiger partial charge on any atom is 1.00 e. The third-order valence-electron chi connectivity index (χ3n) is 3.51. The topological polar surface area (TPSA) is 74.6 Å². The molecule has 0 radical (unpaired) electrons. The fourth-order valence-electron chi connectivity index (χ4n) is 2.25. The van der Waals surface area contributed by atoms with E-state index in [1.807, 2.05) is 0 Å². The standard InChI is InChI=1S/C18H35.Na.H2O4S/c1-3-5-7-9-11-13-15-17-18-16-14-12-10-8-6-4-2;;1-5(2,3)4/h17-18H,1,3-16H2,2H3;;(H2,1,2,3,4)/q-1;+1;/b18-17-;;. The van der Waals surface area contributed by atoms with Crippen LogP contribution in [0.1, 0.15) is 96.8 Å². The molecular weight excluding hydrogens is 335 g/mol. The van der Waals surface area contributed by atoms with Crippen LogP contribution in [0, 0.1) is 6.92 Å². The van der Waals surface area contributed by atoms with Crippen molar-refractivity contribution < 1.29 is 47.1 Å². The van der Waals surface area contributed by atoms with Gasteiger partial charge in [-0.05, 0) is 25.7 Å². The van der Waals surface area contributed by atoms with E-state index < -0.39 is 10.4 Å². The quantitative estimate of drug-likeness (QED) is 0.161. The summed E-state index contributed by atoms with van der Waals surface area (Å²) in [6.45, 7) is 6.15. The number of rotatable bonds is 14. The molecule has 24 heavy (non-hydrogen) atoms. The molecule has 4 nitrogen and oxygen atoms in total. The average molecular weight is 373 g/mol. The van der Waals surface area contributed by atoms with Crippen molar-refractivity contribution in [2.45, 2.75) is 96.8 Å². The molecular formula is C18H37NaO4S. The summed E-state index contributed by atoms with van der Waals surface area (Å²) in [7, 11) is -4.67. The van der Waals surface area contributed by atoms with E-state index in [-0.39, 0.29) is 29.6 Å². The second-order valence-electron chi connectivity index (χ2n) is 5.89. The van der Waals surface area contributed by atoms with Crippen LogP contribution in [-0.4, -0.2) is 17.5 Å². The fourth-order valence-corrected chi connectivity index (χ4v) is 2.25. The molecule has 0 bridgehead atoms. The van der Waals surface area contributed by atoms with Crippen molar-refractivity contribution in [3.8, 4) is 0 Å². The Labute approximate surface area is 172 Å². The third-order valence-corrected chi connectivity index (χ3v) is 3.51. The minimum absolute atomic E-state index is 0. The van der Waals surface area contributed by atoms with Gasteiger partial charge in [-0.15, -0.1) is 0 Å². The van der Waals surface area contributed by atoms with E-state index in [9.17, 15) is 0 Å². The molecule has 6 heteroatoms. The Morgan fingerprint density at radius 1 is 0.750 bits per heavy atom. The van der Waals surface area contributed by atoms with Crippen LogP contribution >= 0.6 is 0 Å². The van der Waals surface area contributed by atoms with E-state index in [0.29, 0.717) is 0 Å². The molecule has 0 heterocycles. The van der Waals surface area contributed by atoms with Crippen LogP contribution in [0.2, 0.25) is 0 Å². The van der Waals surface area contributed by atoms with Gasteiger partial charge in [-0.1, -0.05) is 76.9 Å². The molecule has 0 aliphatic heterocycles. The van der Waals surface area contributed by atoms with Crippen LogP contribution in [0.15, 0.2) is 12.2 Å². The van der Waals surface area contributed by atoms with Gasteiger partial charge in [0.15, 0.2) is 0 Å².